The van der Waals surface area contributed by atoms with Crippen molar-refractivity contribution in [1.82, 2.24) is 4.90 Å². The van der Waals surface area contributed by atoms with Gasteiger partial charge < -0.3 is 19.0 Å². The molecule has 1 amide bonds. The van der Waals surface area contributed by atoms with Gasteiger partial charge in [0.2, 0.25) is 0 Å². The summed E-state index contributed by atoms with van der Waals surface area (Å²) in [6, 6.07) is 7.83. The van der Waals surface area contributed by atoms with Gasteiger partial charge in [-0.3, -0.25) is 4.79 Å². The molecule has 1 unspecified atom stereocenters. The van der Waals surface area contributed by atoms with Crippen LogP contribution < -0.4 is 4.74 Å². The van der Waals surface area contributed by atoms with E-state index in [4.69, 9.17) is 4.74 Å². The van der Waals surface area contributed by atoms with Crippen molar-refractivity contribution in [1.29, 1.82) is 0 Å². The molecule has 0 N–H and O–H groups in total. The highest BCUT2D eigenvalue weighted by Crippen LogP contribution is 2.20. The van der Waals surface area contributed by atoms with Gasteiger partial charge in [0.05, 0.1) is 7.11 Å². The van der Waals surface area contributed by atoms with Crippen LogP contribution in [0.2, 0.25) is 0 Å². The summed E-state index contributed by atoms with van der Waals surface area (Å²) in [5.74, 6) is 1.76. The smallest absolute Gasteiger partial charge is 0.282 e. The molecule has 0 aliphatic carbocycles. The molecule has 1 heterocycles. The van der Waals surface area contributed by atoms with Crippen LogP contribution in [0.25, 0.3) is 0 Å². The highest BCUT2D eigenvalue weighted by molar-refractivity contribution is 8.13. The molecule has 1 saturated heterocycles. The topological polar surface area (TPSA) is 55.8 Å². The molecule has 1 aliphatic heterocycles. The van der Waals surface area contributed by atoms with E-state index < -0.39 is 0 Å². The summed E-state index contributed by atoms with van der Waals surface area (Å²) in [7, 11) is 3.58. The van der Waals surface area contributed by atoms with Crippen LogP contribution in [-0.4, -0.2) is 49.1 Å². The Morgan fingerprint density at radius 3 is 2.48 bits per heavy atom. The van der Waals surface area contributed by atoms with Gasteiger partial charge in [-0.25, -0.2) is 0 Å². The van der Waals surface area contributed by atoms with Crippen LogP contribution >= 0.6 is 20.6 Å². The van der Waals surface area contributed by atoms with E-state index in [2.05, 4.69) is 4.52 Å². The molecular formula is C14H20NO4PS. The van der Waals surface area contributed by atoms with Gasteiger partial charge in [-0.05, 0) is 17.7 Å². The summed E-state index contributed by atoms with van der Waals surface area (Å²) < 4.78 is 9.65. The molecule has 2 rings (SSSR count). The first-order valence-electron chi connectivity index (χ1n) is 6.45. The lowest BCUT2D eigenvalue weighted by atomic mass is 10.2. The molecule has 116 valence electrons. The van der Waals surface area contributed by atoms with Gasteiger partial charge in [-0.15, -0.1) is 0 Å². The van der Waals surface area contributed by atoms with Crippen LogP contribution in [0.1, 0.15) is 5.56 Å². The number of amides is 1. The van der Waals surface area contributed by atoms with Gasteiger partial charge in [0.15, 0.2) is 0 Å². The van der Waals surface area contributed by atoms with Gasteiger partial charge in [-0.1, -0.05) is 23.9 Å². The lowest BCUT2D eigenvalue weighted by Crippen LogP contribution is -2.22. The summed E-state index contributed by atoms with van der Waals surface area (Å²) in [5.41, 5.74) is 1.15. The molecule has 7 heteroatoms. The molecule has 0 radical (unpaired) electrons. The third-order valence-corrected chi connectivity index (χ3v) is 4.20. The molecule has 0 bridgehead atoms. The lowest BCUT2D eigenvalue weighted by Gasteiger charge is -2.14. The number of thioether (sulfide) groups is 1. The monoisotopic (exact) mass is 329 g/mol. The van der Waals surface area contributed by atoms with Crippen LogP contribution in [0.3, 0.4) is 0 Å². The number of carbonyl (C=O) groups is 2. The van der Waals surface area contributed by atoms with Crippen LogP contribution in [0.15, 0.2) is 24.3 Å². The van der Waals surface area contributed by atoms with E-state index in [-0.39, 0.29) is 5.24 Å². The lowest BCUT2D eigenvalue weighted by molar-refractivity contribution is -0.105. The van der Waals surface area contributed by atoms with Crippen molar-refractivity contribution in [2.45, 2.75) is 6.54 Å². The van der Waals surface area contributed by atoms with Crippen molar-refractivity contribution in [2.24, 2.45) is 0 Å². The van der Waals surface area contributed by atoms with Gasteiger partial charge in [-0.2, -0.15) is 0 Å². The van der Waals surface area contributed by atoms with E-state index in [9.17, 15) is 9.59 Å². The zero-order valence-electron chi connectivity index (χ0n) is 12.2. The maximum Gasteiger partial charge on any atom is 0.282 e. The summed E-state index contributed by atoms with van der Waals surface area (Å²) >= 11 is 1.39. The van der Waals surface area contributed by atoms with Crippen LogP contribution in [0.5, 0.6) is 5.75 Å². The van der Waals surface area contributed by atoms with Crippen LogP contribution in [0, 0.1) is 0 Å². The molecule has 1 aromatic rings. The third-order valence-electron chi connectivity index (χ3n) is 2.69. The SMILES string of the molecule is COPCC=O.COc1ccc(CN2CCSC2=O)cc1. The predicted octanol–water partition coefficient (Wildman–Crippen LogP) is 2.79. The first-order chi connectivity index (χ1) is 10.2. The molecule has 1 aromatic carbocycles. The van der Waals surface area contributed by atoms with E-state index in [0.717, 1.165) is 29.9 Å². The van der Waals surface area contributed by atoms with Gasteiger partial charge in [0.25, 0.3) is 5.24 Å². The van der Waals surface area contributed by atoms with E-state index in [1.165, 1.54) is 11.8 Å². The fourth-order valence-corrected chi connectivity index (χ4v) is 2.70. The molecule has 1 atom stereocenters. The second-order valence-corrected chi connectivity index (χ2v) is 6.25. The van der Waals surface area contributed by atoms with Crippen molar-refractivity contribution < 1.29 is 18.8 Å². The highest BCUT2D eigenvalue weighted by atomic mass is 32.2. The number of carbonyl (C=O) groups excluding carboxylic acids is 2. The zero-order chi connectivity index (χ0) is 15.5. The largest absolute Gasteiger partial charge is 0.497 e. The summed E-state index contributed by atoms with van der Waals surface area (Å²) in [4.78, 5) is 22.7. The third kappa shape index (κ3) is 6.93. The number of aldehydes is 1. The Hall–Kier alpha value is -1.10. The fourth-order valence-electron chi connectivity index (χ4n) is 1.64. The molecule has 5 nitrogen and oxygen atoms in total. The number of nitrogens with zero attached hydrogens (tertiary/aromatic N) is 1. The summed E-state index contributed by atoms with van der Waals surface area (Å²) in [5, 5.41) is 0.186. The number of ether oxygens (including phenoxy) is 1. The van der Waals surface area contributed by atoms with E-state index >= 15 is 0 Å². The molecule has 1 fully saturated rings. The van der Waals surface area contributed by atoms with Crippen molar-refractivity contribution in [3.63, 3.8) is 0 Å². The maximum absolute atomic E-state index is 11.4. The van der Waals surface area contributed by atoms with Crippen LogP contribution in [-0.2, 0) is 15.9 Å². The normalized spacial score (nSPS) is 14.2. The molecule has 0 spiro atoms. The van der Waals surface area contributed by atoms with Crippen molar-refractivity contribution in [3.05, 3.63) is 29.8 Å². The quantitative estimate of drug-likeness (QED) is 0.456. The Morgan fingerprint density at radius 1 is 1.33 bits per heavy atom. The Labute approximate surface area is 131 Å². The van der Waals surface area contributed by atoms with E-state index in [1.54, 1.807) is 14.2 Å². The molecule has 0 saturated carbocycles. The molecule has 1 aliphatic rings. The Morgan fingerprint density at radius 2 is 2.05 bits per heavy atom. The second kappa shape index (κ2) is 10.6. The van der Waals surface area contributed by atoms with Crippen molar-refractivity contribution in [2.75, 3.05) is 32.7 Å². The van der Waals surface area contributed by atoms with E-state index in [0.29, 0.717) is 21.5 Å². The molecule has 21 heavy (non-hydrogen) atoms. The number of hydrogen-bond donors (Lipinski definition) is 0. The first kappa shape index (κ1) is 18.0. The second-order valence-electron chi connectivity index (χ2n) is 4.10. The Balaban J connectivity index is 0.000000315. The Bertz CT molecular complexity index is 441. The zero-order valence-corrected chi connectivity index (χ0v) is 14.0. The van der Waals surface area contributed by atoms with Gasteiger partial charge in [0, 0.05) is 40.9 Å². The predicted molar refractivity (Wildman–Crippen MR) is 87.5 cm³/mol. The average molecular weight is 329 g/mol. The average Bonchev–Trinajstić information content (AvgIpc) is 2.92. The number of methoxy groups -OCH3 is 1. The molecule has 0 aromatic heterocycles. The van der Waals surface area contributed by atoms with E-state index in [1.807, 2.05) is 29.2 Å². The number of benzene rings is 1. The van der Waals surface area contributed by atoms with Crippen molar-refractivity contribution in [3.8, 4) is 5.75 Å². The minimum Gasteiger partial charge on any atom is -0.497 e. The Kier molecular flexibility index (Phi) is 9.06. The maximum atomic E-state index is 11.4. The fraction of sp³-hybridized carbons (Fsp3) is 0.429. The summed E-state index contributed by atoms with van der Waals surface area (Å²) in [6.45, 7) is 1.56. The number of hydrogen-bond acceptors (Lipinski definition) is 5. The minimum atomic E-state index is 0.186. The number of rotatable bonds is 6. The minimum absolute atomic E-state index is 0.186. The van der Waals surface area contributed by atoms with Crippen molar-refractivity contribution >= 4 is 32.1 Å². The standard InChI is InChI=1S/C11H13NO2S.C3H7O2P/c1-14-10-4-2-9(3-5-10)8-12-6-7-15-11(12)13;1-5-6-3-2-4/h2-5H,6-8H2,1H3;2,6H,3H2,1H3. The first-order valence-corrected chi connectivity index (χ1v) is 8.55. The van der Waals surface area contributed by atoms with Gasteiger partial charge >= 0.3 is 0 Å². The van der Waals surface area contributed by atoms with Gasteiger partial charge in [0.1, 0.15) is 12.0 Å². The highest BCUT2D eigenvalue weighted by Gasteiger charge is 2.20. The summed E-state index contributed by atoms with van der Waals surface area (Å²) in [6.07, 6.45) is 1.39. The van der Waals surface area contributed by atoms with Crippen LogP contribution in [0.4, 0.5) is 4.79 Å². The molecular weight excluding hydrogens is 309 g/mol.